The van der Waals surface area contributed by atoms with Crippen molar-refractivity contribution in [2.45, 2.75) is 64.0 Å². The first-order chi connectivity index (χ1) is 10.0. The Kier molecular flexibility index (Phi) is 5.77. The van der Waals surface area contributed by atoms with Gasteiger partial charge in [-0.1, -0.05) is 31.5 Å². The zero-order chi connectivity index (χ0) is 15.3. The van der Waals surface area contributed by atoms with Gasteiger partial charge in [0.25, 0.3) is 0 Å². The van der Waals surface area contributed by atoms with Crippen LogP contribution in [0.15, 0.2) is 24.3 Å². The lowest BCUT2D eigenvalue weighted by Gasteiger charge is -2.36. The van der Waals surface area contributed by atoms with E-state index >= 15 is 0 Å². The molecule has 0 spiro atoms. The fourth-order valence-corrected chi connectivity index (χ4v) is 3.23. The monoisotopic (exact) mass is 293 g/mol. The number of halogens is 1. The van der Waals surface area contributed by atoms with Gasteiger partial charge in [-0.25, -0.2) is 4.39 Å². The highest BCUT2D eigenvalue weighted by atomic mass is 19.1. The normalized spacial score (nSPS) is 27.5. The van der Waals surface area contributed by atoms with Gasteiger partial charge >= 0.3 is 0 Å². The van der Waals surface area contributed by atoms with Gasteiger partial charge in [-0.2, -0.15) is 0 Å². The van der Waals surface area contributed by atoms with Crippen LogP contribution in [0.5, 0.6) is 0 Å². The minimum absolute atomic E-state index is 0.145. The molecule has 0 radical (unpaired) electrons. The highest BCUT2D eigenvalue weighted by Crippen LogP contribution is 2.33. The maximum absolute atomic E-state index is 13.6. The number of rotatable bonds is 6. The highest BCUT2D eigenvalue weighted by molar-refractivity contribution is 5.18. The minimum Gasteiger partial charge on any atom is -0.389 e. The second kappa shape index (κ2) is 7.37. The predicted octanol–water partition coefficient (Wildman–Crippen LogP) is 3.68. The molecule has 0 saturated heterocycles. The zero-order valence-electron chi connectivity index (χ0n) is 13.2. The summed E-state index contributed by atoms with van der Waals surface area (Å²) in [5.74, 6) is 0.634. The van der Waals surface area contributed by atoms with Crippen LogP contribution in [-0.4, -0.2) is 23.3 Å². The summed E-state index contributed by atoms with van der Waals surface area (Å²) in [6.07, 6.45) is 5.87. The number of benzene rings is 1. The molecule has 1 aliphatic rings. The number of nitrogens with one attached hydrogen (secondary N) is 1. The van der Waals surface area contributed by atoms with Crippen molar-refractivity contribution in [3.05, 3.63) is 35.6 Å². The first-order valence-corrected chi connectivity index (χ1v) is 8.21. The Labute approximate surface area is 127 Å². The molecule has 1 aliphatic carbocycles. The van der Waals surface area contributed by atoms with Gasteiger partial charge in [0, 0.05) is 12.6 Å². The third-order valence-electron chi connectivity index (χ3n) is 4.88. The number of hydrogen-bond donors (Lipinski definition) is 2. The maximum atomic E-state index is 13.6. The lowest BCUT2D eigenvalue weighted by atomic mass is 9.78. The van der Waals surface area contributed by atoms with Crippen molar-refractivity contribution < 1.29 is 9.50 Å². The molecule has 1 aromatic rings. The molecule has 2 nitrogen and oxygen atoms in total. The van der Waals surface area contributed by atoms with Crippen LogP contribution in [0.2, 0.25) is 0 Å². The van der Waals surface area contributed by atoms with Crippen molar-refractivity contribution in [2.75, 3.05) is 6.54 Å². The fourth-order valence-electron chi connectivity index (χ4n) is 3.23. The zero-order valence-corrected chi connectivity index (χ0v) is 13.2. The van der Waals surface area contributed by atoms with Gasteiger partial charge in [-0.15, -0.1) is 0 Å². The molecule has 1 saturated carbocycles. The van der Waals surface area contributed by atoms with E-state index in [2.05, 4.69) is 12.2 Å². The SMILES string of the molecule is CCC1CCC(O)(CNC(C)Cc2ccccc2F)CC1. The third-order valence-corrected chi connectivity index (χ3v) is 4.88. The summed E-state index contributed by atoms with van der Waals surface area (Å²) in [5.41, 5.74) is 0.161. The van der Waals surface area contributed by atoms with Gasteiger partial charge in [0.05, 0.1) is 5.60 Å². The Balaban J connectivity index is 1.79. The van der Waals surface area contributed by atoms with E-state index in [4.69, 9.17) is 0 Å². The first-order valence-electron chi connectivity index (χ1n) is 8.21. The van der Waals surface area contributed by atoms with E-state index in [0.29, 0.717) is 13.0 Å². The van der Waals surface area contributed by atoms with Crippen LogP contribution in [0, 0.1) is 11.7 Å². The van der Waals surface area contributed by atoms with Crippen molar-refractivity contribution in [2.24, 2.45) is 5.92 Å². The predicted molar refractivity (Wildman–Crippen MR) is 84.8 cm³/mol. The lowest BCUT2D eigenvalue weighted by molar-refractivity contribution is -0.0103. The Morgan fingerprint density at radius 3 is 2.62 bits per heavy atom. The maximum Gasteiger partial charge on any atom is 0.126 e. The van der Waals surface area contributed by atoms with E-state index in [0.717, 1.165) is 37.2 Å². The molecule has 0 bridgehead atoms. The van der Waals surface area contributed by atoms with E-state index in [9.17, 15) is 9.50 Å². The standard InChI is InChI=1S/C18H28FNO/c1-3-15-8-10-18(21,11-9-15)13-20-14(2)12-16-6-4-5-7-17(16)19/h4-7,14-15,20-21H,3,8-13H2,1-2H3. The molecule has 0 aliphatic heterocycles. The van der Waals surface area contributed by atoms with Crippen molar-refractivity contribution in [3.8, 4) is 0 Å². The summed E-state index contributed by atoms with van der Waals surface area (Å²) >= 11 is 0. The minimum atomic E-state index is -0.574. The summed E-state index contributed by atoms with van der Waals surface area (Å²) in [6.45, 7) is 4.89. The number of hydrogen-bond acceptors (Lipinski definition) is 2. The summed E-state index contributed by atoms with van der Waals surface area (Å²) in [5, 5.41) is 14.0. The van der Waals surface area contributed by atoms with Crippen LogP contribution >= 0.6 is 0 Å². The molecule has 0 amide bonds. The lowest BCUT2D eigenvalue weighted by Crippen LogP contribution is -2.46. The molecule has 1 unspecified atom stereocenters. The molecule has 0 heterocycles. The Bertz CT molecular complexity index is 441. The number of aliphatic hydroxyl groups is 1. The first kappa shape index (κ1) is 16.4. The van der Waals surface area contributed by atoms with E-state index in [1.807, 2.05) is 19.1 Å². The largest absolute Gasteiger partial charge is 0.389 e. The van der Waals surface area contributed by atoms with Crippen LogP contribution in [0.1, 0.15) is 51.5 Å². The van der Waals surface area contributed by atoms with Crippen molar-refractivity contribution in [1.82, 2.24) is 5.32 Å². The van der Waals surface area contributed by atoms with E-state index in [1.165, 1.54) is 12.5 Å². The van der Waals surface area contributed by atoms with Crippen molar-refractivity contribution in [3.63, 3.8) is 0 Å². The van der Waals surface area contributed by atoms with Crippen molar-refractivity contribution >= 4 is 0 Å². The molecule has 3 heteroatoms. The van der Waals surface area contributed by atoms with Crippen LogP contribution in [0.25, 0.3) is 0 Å². The quantitative estimate of drug-likeness (QED) is 0.838. The van der Waals surface area contributed by atoms with Gasteiger partial charge < -0.3 is 10.4 Å². The summed E-state index contributed by atoms with van der Waals surface area (Å²) in [6, 6.07) is 7.07. The van der Waals surface area contributed by atoms with E-state index in [-0.39, 0.29) is 11.9 Å². The van der Waals surface area contributed by atoms with Crippen LogP contribution in [0.4, 0.5) is 4.39 Å². The second-order valence-corrected chi connectivity index (χ2v) is 6.65. The van der Waals surface area contributed by atoms with Gasteiger partial charge in [-0.3, -0.25) is 0 Å². The molecule has 21 heavy (non-hydrogen) atoms. The average molecular weight is 293 g/mol. The molecule has 2 rings (SSSR count). The fraction of sp³-hybridized carbons (Fsp3) is 0.667. The summed E-state index contributed by atoms with van der Waals surface area (Å²) < 4.78 is 13.6. The van der Waals surface area contributed by atoms with Gasteiger partial charge in [0.2, 0.25) is 0 Å². The molecular weight excluding hydrogens is 265 g/mol. The highest BCUT2D eigenvalue weighted by Gasteiger charge is 2.32. The van der Waals surface area contributed by atoms with E-state index < -0.39 is 5.60 Å². The summed E-state index contributed by atoms with van der Waals surface area (Å²) in [7, 11) is 0. The van der Waals surface area contributed by atoms with Gasteiger partial charge in [0.1, 0.15) is 5.82 Å². The van der Waals surface area contributed by atoms with Crippen LogP contribution in [0.3, 0.4) is 0 Å². The second-order valence-electron chi connectivity index (χ2n) is 6.65. The Morgan fingerprint density at radius 2 is 2.00 bits per heavy atom. The third kappa shape index (κ3) is 4.79. The van der Waals surface area contributed by atoms with Crippen LogP contribution < -0.4 is 5.32 Å². The van der Waals surface area contributed by atoms with E-state index in [1.54, 1.807) is 6.07 Å². The van der Waals surface area contributed by atoms with Crippen LogP contribution in [-0.2, 0) is 6.42 Å². The molecule has 118 valence electrons. The van der Waals surface area contributed by atoms with Gasteiger partial charge in [0.15, 0.2) is 0 Å². The molecular formula is C18H28FNO. The Morgan fingerprint density at radius 1 is 1.33 bits per heavy atom. The smallest absolute Gasteiger partial charge is 0.126 e. The van der Waals surface area contributed by atoms with Crippen molar-refractivity contribution in [1.29, 1.82) is 0 Å². The molecule has 2 N–H and O–H groups in total. The molecule has 1 fully saturated rings. The molecule has 1 aromatic carbocycles. The average Bonchev–Trinajstić information content (AvgIpc) is 2.49. The summed E-state index contributed by atoms with van der Waals surface area (Å²) in [4.78, 5) is 0. The molecule has 1 atom stereocenters. The Hall–Kier alpha value is -0.930. The van der Waals surface area contributed by atoms with Gasteiger partial charge in [-0.05, 0) is 56.6 Å². The topological polar surface area (TPSA) is 32.3 Å². The molecule has 0 aromatic heterocycles.